The minimum atomic E-state index is -0.421. The van der Waals surface area contributed by atoms with Crippen LogP contribution >= 0.6 is 0 Å². The van der Waals surface area contributed by atoms with Crippen LogP contribution in [0.15, 0.2) is 36.4 Å². The van der Waals surface area contributed by atoms with Gasteiger partial charge in [0.25, 0.3) is 0 Å². The molecule has 0 atom stereocenters. The lowest BCUT2D eigenvalue weighted by atomic mass is 10.1. The molecule has 0 radical (unpaired) electrons. The zero-order valence-electron chi connectivity index (χ0n) is 16.3. The van der Waals surface area contributed by atoms with Crippen LogP contribution in [-0.4, -0.2) is 44.0 Å². The highest BCUT2D eigenvalue weighted by Crippen LogP contribution is 2.30. The van der Waals surface area contributed by atoms with Gasteiger partial charge in [0.1, 0.15) is 0 Å². The van der Waals surface area contributed by atoms with Crippen molar-refractivity contribution in [2.24, 2.45) is 0 Å². The van der Waals surface area contributed by atoms with E-state index in [-0.39, 0.29) is 24.1 Å². The number of rotatable bonds is 6. The fourth-order valence-corrected chi connectivity index (χ4v) is 3.43. The molecule has 2 aromatic rings. The summed E-state index contributed by atoms with van der Waals surface area (Å²) in [5, 5.41) is 2.88. The number of likely N-dealkylation sites (N-methyl/N-ethyl adjacent to an activating group) is 1. The van der Waals surface area contributed by atoms with Crippen molar-refractivity contribution < 1.29 is 18.7 Å². The molecule has 6 nitrogen and oxygen atoms in total. The van der Waals surface area contributed by atoms with Gasteiger partial charge in [0, 0.05) is 31.4 Å². The number of fused-ring (bicyclic) bond motifs is 1. The minimum absolute atomic E-state index is 0.0205. The Labute approximate surface area is 163 Å². The number of hydrogen-bond donors (Lipinski definition) is 1. The van der Waals surface area contributed by atoms with Crippen molar-refractivity contribution in [1.82, 2.24) is 4.90 Å². The van der Waals surface area contributed by atoms with Gasteiger partial charge in [-0.05, 0) is 54.9 Å². The summed E-state index contributed by atoms with van der Waals surface area (Å²) in [4.78, 5) is 27.5. The van der Waals surface area contributed by atoms with Crippen LogP contribution < -0.4 is 15.0 Å². The molecule has 0 bridgehead atoms. The van der Waals surface area contributed by atoms with Gasteiger partial charge in [0.15, 0.2) is 11.6 Å². The zero-order valence-corrected chi connectivity index (χ0v) is 16.3. The molecule has 0 unspecified atom stereocenters. The van der Waals surface area contributed by atoms with E-state index in [4.69, 9.17) is 4.74 Å². The number of ether oxygens (including phenoxy) is 1. The SMILES string of the molecule is COc1ccc(CN(C)CC(=O)Nc2ccc3c(c2)CCN3C(C)=O)cc1F. The molecular formula is C21H24FN3O3. The molecule has 0 aliphatic carbocycles. The van der Waals surface area contributed by atoms with E-state index >= 15 is 0 Å². The summed E-state index contributed by atoms with van der Waals surface area (Å²) in [6.45, 7) is 2.83. The van der Waals surface area contributed by atoms with E-state index in [9.17, 15) is 14.0 Å². The second-order valence-corrected chi connectivity index (χ2v) is 6.95. The summed E-state index contributed by atoms with van der Waals surface area (Å²) in [6.07, 6.45) is 0.779. The fourth-order valence-electron chi connectivity index (χ4n) is 3.43. The summed E-state index contributed by atoms with van der Waals surface area (Å²) in [7, 11) is 3.22. The lowest BCUT2D eigenvalue weighted by Crippen LogP contribution is -2.29. The van der Waals surface area contributed by atoms with Gasteiger partial charge >= 0.3 is 0 Å². The van der Waals surface area contributed by atoms with Crippen molar-refractivity contribution in [1.29, 1.82) is 0 Å². The molecule has 3 rings (SSSR count). The molecule has 0 saturated carbocycles. The van der Waals surface area contributed by atoms with Crippen molar-refractivity contribution in [3.8, 4) is 5.75 Å². The highest BCUT2D eigenvalue weighted by molar-refractivity contribution is 5.96. The smallest absolute Gasteiger partial charge is 0.238 e. The van der Waals surface area contributed by atoms with Gasteiger partial charge in [0.05, 0.1) is 13.7 Å². The Morgan fingerprint density at radius 1 is 1.25 bits per heavy atom. The first-order valence-corrected chi connectivity index (χ1v) is 9.09. The van der Waals surface area contributed by atoms with Crippen LogP contribution in [0.1, 0.15) is 18.1 Å². The average molecular weight is 385 g/mol. The third kappa shape index (κ3) is 4.48. The van der Waals surface area contributed by atoms with Crippen LogP contribution in [0, 0.1) is 5.82 Å². The highest BCUT2D eigenvalue weighted by atomic mass is 19.1. The topological polar surface area (TPSA) is 61.9 Å². The fraction of sp³-hybridized carbons (Fsp3) is 0.333. The number of halogens is 1. The molecule has 28 heavy (non-hydrogen) atoms. The molecule has 7 heteroatoms. The summed E-state index contributed by atoms with van der Waals surface area (Å²) in [6, 6.07) is 10.3. The van der Waals surface area contributed by atoms with Crippen LogP contribution in [0.25, 0.3) is 0 Å². The second kappa shape index (κ2) is 8.39. The van der Waals surface area contributed by atoms with Crippen LogP contribution in [0.3, 0.4) is 0 Å². The van der Waals surface area contributed by atoms with Gasteiger partial charge in [-0.3, -0.25) is 14.5 Å². The normalized spacial score (nSPS) is 12.8. The molecule has 1 aliphatic heterocycles. The molecule has 0 aromatic heterocycles. The molecule has 0 spiro atoms. The van der Waals surface area contributed by atoms with E-state index in [1.165, 1.54) is 13.2 Å². The monoisotopic (exact) mass is 385 g/mol. The maximum absolute atomic E-state index is 13.8. The van der Waals surface area contributed by atoms with Crippen molar-refractivity contribution in [2.45, 2.75) is 19.9 Å². The van der Waals surface area contributed by atoms with Crippen LogP contribution in [-0.2, 0) is 22.6 Å². The minimum Gasteiger partial charge on any atom is -0.494 e. The maximum atomic E-state index is 13.8. The molecule has 148 valence electrons. The maximum Gasteiger partial charge on any atom is 0.238 e. The van der Waals surface area contributed by atoms with Gasteiger partial charge in [-0.15, -0.1) is 0 Å². The van der Waals surface area contributed by atoms with Gasteiger partial charge in [-0.25, -0.2) is 4.39 Å². The Bertz CT molecular complexity index is 900. The number of anilines is 2. The van der Waals surface area contributed by atoms with Crippen molar-refractivity contribution in [2.75, 3.05) is 37.5 Å². The summed E-state index contributed by atoms with van der Waals surface area (Å²) < 4.78 is 18.7. The Hall–Kier alpha value is -2.93. The van der Waals surface area contributed by atoms with Gasteiger partial charge in [0.2, 0.25) is 11.8 Å². The first-order chi connectivity index (χ1) is 13.4. The number of methoxy groups -OCH3 is 1. The Morgan fingerprint density at radius 3 is 2.71 bits per heavy atom. The van der Waals surface area contributed by atoms with E-state index in [1.54, 1.807) is 42.0 Å². The summed E-state index contributed by atoms with van der Waals surface area (Å²) in [5.74, 6) is -0.357. The van der Waals surface area contributed by atoms with Crippen molar-refractivity contribution in [3.05, 3.63) is 53.3 Å². The number of nitrogens with one attached hydrogen (secondary N) is 1. The third-order valence-corrected chi connectivity index (χ3v) is 4.72. The van der Waals surface area contributed by atoms with Gasteiger partial charge in [-0.1, -0.05) is 6.07 Å². The van der Waals surface area contributed by atoms with Gasteiger partial charge in [-0.2, -0.15) is 0 Å². The Morgan fingerprint density at radius 2 is 2.04 bits per heavy atom. The van der Waals surface area contributed by atoms with E-state index in [2.05, 4.69) is 5.32 Å². The van der Waals surface area contributed by atoms with E-state index in [0.717, 1.165) is 23.2 Å². The first-order valence-electron chi connectivity index (χ1n) is 9.09. The predicted octanol–water partition coefficient (Wildman–Crippen LogP) is 2.81. The number of carbonyl (C=O) groups is 2. The largest absolute Gasteiger partial charge is 0.494 e. The van der Waals surface area contributed by atoms with E-state index in [0.29, 0.717) is 18.8 Å². The molecule has 0 fully saturated rings. The molecule has 1 aliphatic rings. The number of hydrogen-bond acceptors (Lipinski definition) is 4. The van der Waals surface area contributed by atoms with Gasteiger partial charge < -0.3 is 15.0 Å². The Kier molecular flexibility index (Phi) is 5.94. The molecular weight excluding hydrogens is 361 g/mol. The second-order valence-electron chi connectivity index (χ2n) is 6.95. The number of amides is 2. The molecule has 2 aromatic carbocycles. The molecule has 0 saturated heterocycles. The number of benzene rings is 2. The van der Waals surface area contributed by atoms with E-state index < -0.39 is 5.82 Å². The van der Waals surface area contributed by atoms with Crippen LogP contribution in [0.4, 0.5) is 15.8 Å². The van der Waals surface area contributed by atoms with Crippen molar-refractivity contribution in [3.63, 3.8) is 0 Å². The summed E-state index contributed by atoms with van der Waals surface area (Å²) in [5.41, 5.74) is 3.42. The Balaban J connectivity index is 1.57. The number of carbonyl (C=O) groups excluding carboxylic acids is 2. The highest BCUT2D eigenvalue weighted by Gasteiger charge is 2.22. The van der Waals surface area contributed by atoms with Crippen molar-refractivity contribution >= 4 is 23.2 Å². The molecule has 2 amide bonds. The zero-order chi connectivity index (χ0) is 20.3. The first kappa shape index (κ1) is 19.8. The predicted molar refractivity (Wildman–Crippen MR) is 106 cm³/mol. The average Bonchev–Trinajstić information content (AvgIpc) is 3.05. The molecule has 1 heterocycles. The third-order valence-electron chi connectivity index (χ3n) is 4.72. The van der Waals surface area contributed by atoms with Crippen LogP contribution in [0.5, 0.6) is 5.75 Å². The quantitative estimate of drug-likeness (QED) is 0.831. The van der Waals surface area contributed by atoms with Crippen LogP contribution in [0.2, 0.25) is 0 Å². The lowest BCUT2D eigenvalue weighted by Gasteiger charge is -2.17. The lowest BCUT2D eigenvalue weighted by molar-refractivity contribution is -0.117. The summed E-state index contributed by atoms with van der Waals surface area (Å²) >= 11 is 0. The van der Waals surface area contributed by atoms with E-state index in [1.807, 2.05) is 12.1 Å². The molecule has 1 N–H and O–H groups in total. The standard InChI is InChI=1S/C21H24FN3O3/c1-14(26)25-9-8-16-11-17(5-6-19(16)25)23-21(27)13-24(2)12-15-4-7-20(28-3)18(22)10-15/h4-7,10-11H,8-9,12-13H2,1-3H3,(H,23,27). The number of nitrogens with zero attached hydrogens (tertiary/aromatic N) is 2.